The summed E-state index contributed by atoms with van der Waals surface area (Å²) in [7, 11) is -3.37. The van der Waals surface area contributed by atoms with Gasteiger partial charge >= 0.3 is 0 Å². The Morgan fingerprint density at radius 3 is 2.55 bits per heavy atom. The molecule has 1 N–H and O–H groups in total. The monoisotopic (exact) mass is 467 g/mol. The first-order chi connectivity index (χ1) is 14.4. The molecule has 31 heavy (non-hydrogen) atoms. The molecule has 1 aliphatic rings. The highest BCUT2D eigenvalue weighted by atomic mass is 35.5. The molecule has 0 spiro atoms. The Bertz CT molecular complexity index is 1260. The van der Waals surface area contributed by atoms with Gasteiger partial charge in [-0.3, -0.25) is 4.98 Å². The number of hydrogen-bond donors (Lipinski definition) is 1. The third-order valence-electron chi connectivity index (χ3n) is 5.19. The van der Waals surface area contributed by atoms with E-state index in [1.54, 1.807) is 6.07 Å². The second kappa shape index (κ2) is 7.83. The number of aromatic nitrogens is 2. The average Bonchev–Trinajstić information content (AvgIpc) is 3.45. The topological polar surface area (TPSA) is 64.0 Å². The van der Waals surface area contributed by atoms with Crippen molar-refractivity contribution >= 4 is 32.5 Å². The summed E-state index contributed by atoms with van der Waals surface area (Å²) in [5.41, 5.74) is 1.66. The molecule has 0 amide bonds. The second-order valence-electron chi connectivity index (χ2n) is 9.24. The number of nitrogens with one attached hydrogen (secondary N) is 1. The molecule has 0 aliphatic heterocycles. The largest absolute Gasteiger partial charge is 0.347 e. The minimum atomic E-state index is -3.37. The fourth-order valence-electron chi connectivity index (χ4n) is 3.64. The van der Waals surface area contributed by atoms with Crippen LogP contribution in [0.3, 0.4) is 0 Å². The van der Waals surface area contributed by atoms with Crippen molar-refractivity contribution in [3.05, 3.63) is 52.8 Å². The lowest BCUT2D eigenvalue weighted by atomic mass is 9.97. The summed E-state index contributed by atoms with van der Waals surface area (Å²) in [6, 6.07) is 4.10. The van der Waals surface area contributed by atoms with Gasteiger partial charge in [0, 0.05) is 35.8 Å². The van der Waals surface area contributed by atoms with Crippen molar-refractivity contribution in [2.24, 2.45) is 5.41 Å². The van der Waals surface area contributed by atoms with Crippen LogP contribution in [-0.4, -0.2) is 23.2 Å². The number of nitrogens with zero attached hydrogens (tertiary/aromatic N) is 2. The molecule has 0 radical (unpaired) electrons. The average molecular weight is 468 g/mol. The van der Waals surface area contributed by atoms with Crippen LogP contribution in [-0.2, 0) is 23.1 Å². The Kier molecular flexibility index (Phi) is 5.60. The molecule has 0 saturated heterocycles. The predicted octanol–water partition coefficient (Wildman–Crippen LogP) is 5.26. The number of rotatable bonds is 6. The first-order valence-electron chi connectivity index (χ1n) is 10.1. The number of benzene rings is 1. The fraction of sp³-hybridized carbons (Fsp3) is 0.409. The number of hydrogen-bond acceptors (Lipinski definition) is 3. The van der Waals surface area contributed by atoms with Crippen molar-refractivity contribution in [1.82, 2.24) is 14.3 Å². The third-order valence-corrected chi connectivity index (χ3v) is 7.37. The summed E-state index contributed by atoms with van der Waals surface area (Å²) < 4.78 is 57.7. The lowest BCUT2D eigenvalue weighted by molar-refractivity contribution is 0.349. The Morgan fingerprint density at radius 1 is 1.23 bits per heavy atom. The normalized spacial score (nSPS) is 15.0. The summed E-state index contributed by atoms with van der Waals surface area (Å²) in [5.74, 6) is -1.16. The molecule has 2 heterocycles. The molecule has 9 heteroatoms. The van der Waals surface area contributed by atoms with Crippen LogP contribution >= 0.6 is 11.6 Å². The summed E-state index contributed by atoms with van der Waals surface area (Å²) >= 11 is 6.12. The van der Waals surface area contributed by atoms with E-state index >= 15 is 4.39 Å². The molecule has 1 saturated carbocycles. The molecule has 5 nitrogen and oxygen atoms in total. The van der Waals surface area contributed by atoms with Crippen LogP contribution < -0.4 is 4.72 Å². The van der Waals surface area contributed by atoms with E-state index < -0.39 is 21.7 Å². The third kappa shape index (κ3) is 4.76. The Hall–Kier alpha value is -2.03. The Morgan fingerprint density at radius 2 is 1.94 bits per heavy atom. The van der Waals surface area contributed by atoms with Crippen molar-refractivity contribution in [1.29, 1.82) is 0 Å². The van der Waals surface area contributed by atoms with E-state index in [9.17, 15) is 12.8 Å². The van der Waals surface area contributed by atoms with E-state index in [0.717, 1.165) is 17.8 Å². The quantitative estimate of drug-likeness (QED) is 0.537. The van der Waals surface area contributed by atoms with Crippen LogP contribution in [0.4, 0.5) is 8.78 Å². The molecular weight excluding hydrogens is 444 g/mol. The van der Waals surface area contributed by atoms with Crippen molar-refractivity contribution in [2.45, 2.75) is 52.0 Å². The minimum Gasteiger partial charge on any atom is -0.347 e. The van der Waals surface area contributed by atoms with Gasteiger partial charge in [-0.2, -0.15) is 0 Å². The highest BCUT2D eigenvalue weighted by Crippen LogP contribution is 2.35. The van der Waals surface area contributed by atoms with Crippen molar-refractivity contribution in [2.75, 3.05) is 0 Å². The van der Waals surface area contributed by atoms with Gasteiger partial charge in [0.05, 0.1) is 22.2 Å². The van der Waals surface area contributed by atoms with Crippen molar-refractivity contribution in [3.63, 3.8) is 0 Å². The minimum absolute atomic E-state index is 0.0181. The fourth-order valence-corrected chi connectivity index (χ4v) is 5.24. The molecule has 1 fully saturated rings. The van der Waals surface area contributed by atoms with Crippen molar-refractivity contribution < 1.29 is 17.2 Å². The molecule has 0 bridgehead atoms. The van der Waals surface area contributed by atoms with E-state index in [2.05, 4.69) is 30.5 Å². The first-order valence-corrected chi connectivity index (χ1v) is 12.0. The predicted molar refractivity (Wildman–Crippen MR) is 118 cm³/mol. The van der Waals surface area contributed by atoms with Crippen LogP contribution in [0.25, 0.3) is 22.2 Å². The second-order valence-corrected chi connectivity index (χ2v) is 11.7. The van der Waals surface area contributed by atoms with Crippen LogP contribution in [0, 0.1) is 17.0 Å². The van der Waals surface area contributed by atoms with Gasteiger partial charge in [-0.05, 0) is 42.0 Å². The first kappa shape index (κ1) is 22.2. The molecule has 0 atom stereocenters. The zero-order valence-corrected chi connectivity index (χ0v) is 19.1. The number of halogens is 3. The van der Waals surface area contributed by atoms with E-state index in [4.69, 9.17) is 11.6 Å². The number of fused-ring (bicyclic) bond motifs is 1. The standard InChI is InChI=1S/C22H24ClF2N3O2S/c1-22(2,3)12-28-11-13(9-27-31(29,30)15-4-5-15)16-7-19(25)17(8-20(16)28)21-18(23)6-14(24)10-26-21/h6-8,10-11,15,27H,4-5,9,12H2,1-3H3. The van der Waals surface area contributed by atoms with Gasteiger partial charge in [0.2, 0.25) is 10.0 Å². The SMILES string of the molecule is CC(C)(C)Cn1cc(CNS(=O)(=O)C2CC2)c2cc(F)c(-c3ncc(F)cc3Cl)cc21. The zero-order chi connectivity index (χ0) is 22.6. The zero-order valence-electron chi connectivity index (χ0n) is 17.5. The van der Waals surface area contributed by atoms with Gasteiger partial charge in [-0.15, -0.1) is 0 Å². The highest BCUT2D eigenvalue weighted by Gasteiger charge is 2.35. The summed E-state index contributed by atoms with van der Waals surface area (Å²) in [6.07, 6.45) is 4.19. The van der Waals surface area contributed by atoms with E-state index in [0.29, 0.717) is 30.3 Å². The summed E-state index contributed by atoms with van der Waals surface area (Å²) in [6.45, 7) is 6.96. The Labute approximate surface area is 185 Å². The molecular formula is C22H24ClF2N3O2S. The summed E-state index contributed by atoms with van der Waals surface area (Å²) in [5, 5.41) is 0.303. The van der Waals surface area contributed by atoms with Crippen molar-refractivity contribution in [3.8, 4) is 11.3 Å². The maximum atomic E-state index is 15.1. The maximum absolute atomic E-state index is 15.1. The summed E-state index contributed by atoms with van der Waals surface area (Å²) in [4.78, 5) is 3.97. The van der Waals surface area contributed by atoms with Crippen LogP contribution in [0.5, 0.6) is 0 Å². The van der Waals surface area contributed by atoms with Gasteiger partial charge in [0.25, 0.3) is 0 Å². The van der Waals surface area contributed by atoms with Crippen LogP contribution in [0.2, 0.25) is 5.02 Å². The number of pyridine rings is 1. The van der Waals surface area contributed by atoms with Gasteiger partial charge in [0.1, 0.15) is 11.6 Å². The molecule has 166 valence electrons. The van der Waals surface area contributed by atoms with E-state index in [1.807, 2.05) is 10.8 Å². The molecule has 3 aromatic rings. The maximum Gasteiger partial charge on any atom is 0.214 e. The highest BCUT2D eigenvalue weighted by molar-refractivity contribution is 7.90. The Balaban J connectivity index is 1.81. The van der Waals surface area contributed by atoms with Gasteiger partial charge in [-0.25, -0.2) is 21.9 Å². The molecule has 1 aliphatic carbocycles. The van der Waals surface area contributed by atoms with Crippen LogP contribution in [0.15, 0.2) is 30.6 Å². The van der Waals surface area contributed by atoms with E-state index in [-0.39, 0.29) is 33.5 Å². The van der Waals surface area contributed by atoms with Gasteiger partial charge < -0.3 is 4.57 Å². The molecule has 2 aromatic heterocycles. The lowest BCUT2D eigenvalue weighted by Crippen LogP contribution is -2.26. The van der Waals surface area contributed by atoms with Gasteiger partial charge in [0.15, 0.2) is 0 Å². The molecule has 1 aromatic carbocycles. The molecule has 0 unspecified atom stereocenters. The van der Waals surface area contributed by atoms with E-state index in [1.165, 1.54) is 6.07 Å². The van der Waals surface area contributed by atoms with Crippen LogP contribution in [0.1, 0.15) is 39.2 Å². The smallest absolute Gasteiger partial charge is 0.214 e. The number of sulfonamides is 1. The van der Waals surface area contributed by atoms with Gasteiger partial charge in [-0.1, -0.05) is 32.4 Å². The lowest BCUT2D eigenvalue weighted by Gasteiger charge is -2.20. The molecule has 4 rings (SSSR count).